The first-order chi connectivity index (χ1) is 6.43. The average molecular weight is 222 g/mol. The first kappa shape index (κ1) is 13.4. The van der Waals surface area contributed by atoms with Gasteiger partial charge in [0.2, 0.25) is 15.9 Å². The smallest absolute Gasteiger partial charge is 0.237 e. The van der Waals surface area contributed by atoms with Crippen molar-refractivity contribution in [2.75, 3.05) is 19.3 Å². The molecule has 1 atom stereocenters. The summed E-state index contributed by atoms with van der Waals surface area (Å²) in [6, 6.07) is 0. The zero-order valence-electron chi connectivity index (χ0n) is 8.83. The van der Waals surface area contributed by atoms with Crippen LogP contribution in [0.4, 0.5) is 0 Å². The monoisotopic (exact) mass is 222 g/mol. The quantitative estimate of drug-likeness (QED) is 0.647. The molecule has 2 N–H and O–H groups in total. The van der Waals surface area contributed by atoms with E-state index >= 15 is 0 Å². The average Bonchev–Trinajstić information content (AvgIpc) is 2.03. The summed E-state index contributed by atoms with van der Waals surface area (Å²) in [5.41, 5.74) is 0. The van der Waals surface area contributed by atoms with Crippen molar-refractivity contribution in [1.82, 2.24) is 10.0 Å². The predicted molar refractivity (Wildman–Crippen MR) is 55.3 cm³/mol. The van der Waals surface area contributed by atoms with Crippen LogP contribution in [0, 0.1) is 5.92 Å². The third kappa shape index (κ3) is 5.18. The molecule has 0 radical (unpaired) electrons. The fourth-order valence-electron chi connectivity index (χ4n) is 0.972. The molecule has 0 fully saturated rings. The van der Waals surface area contributed by atoms with Crippen LogP contribution in [0.3, 0.4) is 0 Å². The fourth-order valence-corrected chi connectivity index (χ4v) is 2.12. The molecule has 0 rings (SSSR count). The Hall–Kier alpha value is -0.620. The lowest BCUT2D eigenvalue weighted by Crippen LogP contribution is -2.39. The molecular weight excluding hydrogens is 204 g/mol. The highest BCUT2D eigenvalue weighted by Gasteiger charge is 2.18. The van der Waals surface area contributed by atoms with Crippen molar-refractivity contribution in [2.24, 2.45) is 5.92 Å². The number of hydrogen-bond donors (Lipinski definition) is 2. The molecule has 0 saturated carbocycles. The van der Waals surface area contributed by atoms with Crippen molar-refractivity contribution in [2.45, 2.75) is 20.3 Å². The molecule has 0 aliphatic heterocycles. The van der Waals surface area contributed by atoms with Crippen molar-refractivity contribution in [3.8, 4) is 0 Å². The van der Waals surface area contributed by atoms with E-state index in [0.717, 1.165) is 0 Å². The molecule has 0 aromatic heterocycles. The van der Waals surface area contributed by atoms with E-state index < -0.39 is 15.9 Å². The molecule has 0 saturated heterocycles. The molecule has 84 valence electrons. The van der Waals surface area contributed by atoms with Gasteiger partial charge in [-0.1, -0.05) is 13.8 Å². The van der Waals surface area contributed by atoms with Crippen molar-refractivity contribution in [1.29, 1.82) is 0 Å². The van der Waals surface area contributed by atoms with Crippen LogP contribution in [-0.2, 0) is 14.8 Å². The summed E-state index contributed by atoms with van der Waals surface area (Å²) < 4.78 is 24.4. The van der Waals surface area contributed by atoms with Crippen molar-refractivity contribution in [3.05, 3.63) is 0 Å². The van der Waals surface area contributed by atoms with Crippen LogP contribution >= 0.6 is 0 Å². The Labute approximate surface area is 85.3 Å². The van der Waals surface area contributed by atoms with E-state index in [1.165, 1.54) is 0 Å². The second-order valence-electron chi connectivity index (χ2n) is 3.24. The van der Waals surface area contributed by atoms with Gasteiger partial charge in [0.25, 0.3) is 0 Å². The maximum absolute atomic E-state index is 11.3. The Kier molecular flexibility index (Phi) is 5.71. The number of amides is 1. The summed E-state index contributed by atoms with van der Waals surface area (Å²) in [5.74, 6) is -0.801. The van der Waals surface area contributed by atoms with Crippen molar-refractivity contribution >= 4 is 15.9 Å². The first-order valence-electron chi connectivity index (χ1n) is 4.62. The van der Waals surface area contributed by atoms with E-state index in [1.54, 1.807) is 20.9 Å². The third-order valence-corrected chi connectivity index (χ3v) is 3.14. The minimum atomic E-state index is -3.42. The van der Waals surface area contributed by atoms with Crippen LogP contribution < -0.4 is 10.0 Å². The zero-order chi connectivity index (χ0) is 11.2. The molecular formula is C8H18N2O3S. The van der Waals surface area contributed by atoms with E-state index in [4.69, 9.17) is 0 Å². The number of sulfonamides is 1. The SMILES string of the molecule is CCCS(=O)(=O)NC(=O)C(C)CNC. The fraction of sp³-hybridized carbons (Fsp3) is 0.875. The minimum absolute atomic E-state index is 0.00892. The highest BCUT2D eigenvalue weighted by atomic mass is 32.2. The summed E-state index contributed by atoms with van der Waals surface area (Å²) in [7, 11) is -1.71. The topological polar surface area (TPSA) is 75.3 Å². The van der Waals surface area contributed by atoms with Crippen LogP contribution in [-0.4, -0.2) is 33.7 Å². The molecule has 5 nitrogen and oxygen atoms in total. The highest BCUT2D eigenvalue weighted by Crippen LogP contribution is 1.95. The summed E-state index contributed by atoms with van der Waals surface area (Å²) in [6.45, 7) is 3.89. The second kappa shape index (κ2) is 5.98. The van der Waals surface area contributed by atoms with Gasteiger partial charge in [-0.2, -0.15) is 0 Å². The molecule has 0 aliphatic rings. The van der Waals surface area contributed by atoms with Gasteiger partial charge in [-0.05, 0) is 13.5 Å². The lowest BCUT2D eigenvalue weighted by molar-refractivity contribution is -0.122. The molecule has 14 heavy (non-hydrogen) atoms. The van der Waals surface area contributed by atoms with Crippen molar-refractivity contribution < 1.29 is 13.2 Å². The molecule has 6 heteroatoms. The summed E-state index contributed by atoms with van der Waals surface area (Å²) in [5, 5.41) is 2.81. The van der Waals surface area contributed by atoms with Gasteiger partial charge in [-0.25, -0.2) is 8.42 Å². The Morgan fingerprint density at radius 3 is 2.43 bits per heavy atom. The summed E-state index contributed by atoms with van der Waals surface area (Å²) in [6.07, 6.45) is 0.503. The van der Waals surface area contributed by atoms with Gasteiger partial charge in [0, 0.05) is 12.5 Å². The Morgan fingerprint density at radius 2 is 2.00 bits per heavy atom. The van der Waals surface area contributed by atoms with Gasteiger partial charge < -0.3 is 5.32 Å². The lowest BCUT2D eigenvalue weighted by atomic mass is 10.2. The van der Waals surface area contributed by atoms with Gasteiger partial charge >= 0.3 is 0 Å². The number of hydrogen-bond acceptors (Lipinski definition) is 4. The number of carbonyl (C=O) groups is 1. The van der Waals surface area contributed by atoms with Gasteiger partial charge in [-0.15, -0.1) is 0 Å². The normalized spacial score (nSPS) is 13.6. The number of carbonyl (C=O) groups excluding carboxylic acids is 1. The van der Waals surface area contributed by atoms with Gasteiger partial charge in [0.1, 0.15) is 0 Å². The molecule has 0 bridgehead atoms. The molecule has 1 unspecified atom stereocenters. The lowest BCUT2D eigenvalue weighted by Gasteiger charge is -2.11. The summed E-state index contributed by atoms with van der Waals surface area (Å²) in [4.78, 5) is 11.3. The molecule has 0 aromatic carbocycles. The molecule has 0 aliphatic carbocycles. The molecule has 0 heterocycles. The maximum atomic E-state index is 11.3. The third-order valence-electron chi connectivity index (χ3n) is 1.69. The van der Waals surface area contributed by atoms with Gasteiger partial charge in [0.15, 0.2) is 0 Å². The standard InChI is InChI=1S/C8H18N2O3S/c1-4-5-14(12,13)10-8(11)7(2)6-9-3/h7,9H,4-6H2,1-3H3,(H,10,11). The molecule has 0 spiro atoms. The van der Waals surface area contributed by atoms with Crippen LogP contribution in [0.15, 0.2) is 0 Å². The highest BCUT2D eigenvalue weighted by molar-refractivity contribution is 7.90. The van der Waals surface area contributed by atoms with E-state index in [1.807, 2.05) is 4.72 Å². The Morgan fingerprint density at radius 1 is 1.43 bits per heavy atom. The number of rotatable bonds is 6. The largest absolute Gasteiger partial charge is 0.319 e. The second-order valence-corrected chi connectivity index (χ2v) is 5.09. The minimum Gasteiger partial charge on any atom is -0.319 e. The molecule has 0 aromatic rings. The van der Waals surface area contributed by atoms with Crippen LogP contribution in [0.1, 0.15) is 20.3 Å². The van der Waals surface area contributed by atoms with E-state index in [0.29, 0.717) is 13.0 Å². The van der Waals surface area contributed by atoms with E-state index in [-0.39, 0.29) is 11.7 Å². The zero-order valence-corrected chi connectivity index (χ0v) is 9.65. The Balaban J connectivity index is 4.18. The predicted octanol–water partition coefficient (Wildman–Crippen LogP) is -0.302. The van der Waals surface area contributed by atoms with Crippen LogP contribution in [0.5, 0.6) is 0 Å². The van der Waals surface area contributed by atoms with Gasteiger partial charge in [0.05, 0.1) is 5.75 Å². The van der Waals surface area contributed by atoms with Gasteiger partial charge in [-0.3, -0.25) is 9.52 Å². The Bertz CT molecular complexity index is 274. The van der Waals surface area contributed by atoms with Crippen LogP contribution in [0.2, 0.25) is 0 Å². The number of nitrogens with one attached hydrogen (secondary N) is 2. The van der Waals surface area contributed by atoms with Crippen molar-refractivity contribution in [3.63, 3.8) is 0 Å². The van der Waals surface area contributed by atoms with Crippen LogP contribution in [0.25, 0.3) is 0 Å². The van der Waals surface area contributed by atoms with E-state index in [9.17, 15) is 13.2 Å². The first-order valence-corrected chi connectivity index (χ1v) is 6.27. The van der Waals surface area contributed by atoms with E-state index in [2.05, 4.69) is 5.32 Å². The summed E-state index contributed by atoms with van der Waals surface area (Å²) >= 11 is 0. The maximum Gasteiger partial charge on any atom is 0.237 e. The molecule has 1 amide bonds.